The molecule has 5 heteroatoms. The lowest BCUT2D eigenvalue weighted by Gasteiger charge is -2.02. The topological polar surface area (TPSA) is 66.8 Å². The first kappa shape index (κ1) is 7.39. The quantitative estimate of drug-likeness (QED) is 0.421. The molecule has 0 aromatic carbocycles. The van der Waals surface area contributed by atoms with Crippen molar-refractivity contribution in [3.05, 3.63) is 4.91 Å². The Labute approximate surface area is 68.7 Å². The van der Waals surface area contributed by atoms with Crippen LogP contribution in [0.5, 0.6) is 0 Å². The molecule has 1 saturated heterocycles. The van der Waals surface area contributed by atoms with Gasteiger partial charge >= 0.3 is 0 Å². The maximum Gasteiger partial charge on any atom is 0.256 e. The molecule has 64 valence electrons. The zero-order chi connectivity index (χ0) is 8.72. The minimum Gasteiger partial charge on any atom is -0.272 e. The number of fused-ring (bicyclic) bond motifs is 1. The van der Waals surface area contributed by atoms with E-state index < -0.39 is 11.8 Å². The molecule has 2 atom stereocenters. The highest BCUT2D eigenvalue weighted by atomic mass is 16.3. The first-order valence-corrected chi connectivity index (χ1v) is 3.97. The summed E-state index contributed by atoms with van der Waals surface area (Å²) < 4.78 is 0. The Kier molecular flexibility index (Phi) is 1.46. The van der Waals surface area contributed by atoms with E-state index >= 15 is 0 Å². The van der Waals surface area contributed by atoms with Gasteiger partial charge in [-0.2, -0.15) is 0 Å². The van der Waals surface area contributed by atoms with Crippen molar-refractivity contribution < 1.29 is 9.59 Å². The van der Waals surface area contributed by atoms with Gasteiger partial charge in [0.2, 0.25) is 0 Å². The minimum absolute atomic E-state index is 0.254. The third kappa shape index (κ3) is 0.732. The molecule has 0 aromatic rings. The molecular formula is C7H8N2O3. The molecule has 0 radical (unpaired) electrons. The van der Waals surface area contributed by atoms with Gasteiger partial charge < -0.3 is 0 Å². The lowest BCUT2D eigenvalue weighted by Crippen LogP contribution is -2.25. The second-order valence-corrected chi connectivity index (χ2v) is 3.21. The molecule has 2 aliphatic rings. The fourth-order valence-corrected chi connectivity index (χ4v) is 2.05. The summed E-state index contributed by atoms with van der Waals surface area (Å²) in [4.78, 5) is 32.6. The van der Waals surface area contributed by atoms with Gasteiger partial charge in [0.1, 0.15) is 0 Å². The third-order valence-corrected chi connectivity index (χ3v) is 2.65. The van der Waals surface area contributed by atoms with Crippen LogP contribution in [0.25, 0.3) is 0 Å². The second kappa shape index (κ2) is 2.36. The number of nitrogens with zero attached hydrogens (tertiary/aromatic N) is 2. The fraction of sp³-hybridized carbons (Fsp3) is 0.714. The van der Waals surface area contributed by atoms with Crippen LogP contribution >= 0.6 is 0 Å². The van der Waals surface area contributed by atoms with Crippen molar-refractivity contribution in [1.29, 1.82) is 0 Å². The summed E-state index contributed by atoms with van der Waals surface area (Å²) in [5.41, 5.74) is 0. The minimum atomic E-state index is -0.405. The summed E-state index contributed by atoms with van der Waals surface area (Å²) in [6, 6.07) is 0. The number of rotatable bonds is 1. The SMILES string of the molecule is O=NN1C(=O)C2CCCC2C1=O. The summed E-state index contributed by atoms with van der Waals surface area (Å²) in [5.74, 6) is -1.32. The summed E-state index contributed by atoms with van der Waals surface area (Å²) in [7, 11) is 0. The molecule has 1 aliphatic heterocycles. The van der Waals surface area contributed by atoms with Crippen LogP contribution in [0, 0.1) is 16.7 Å². The number of hydrogen-bond donors (Lipinski definition) is 0. The average Bonchev–Trinajstić information content (AvgIpc) is 2.58. The molecule has 5 nitrogen and oxygen atoms in total. The highest BCUT2D eigenvalue weighted by molar-refractivity contribution is 6.04. The predicted molar refractivity (Wildman–Crippen MR) is 38.5 cm³/mol. The normalized spacial score (nSPS) is 34.2. The maximum absolute atomic E-state index is 11.2. The van der Waals surface area contributed by atoms with Crippen LogP contribution in [0.4, 0.5) is 0 Å². The lowest BCUT2D eigenvalue weighted by atomic mass is 10.00. The largest absolute Gasteiger partial charge is 0.272 e. The van der Waals surface area contributed by atoms with Gasteiger partial charge in [-0.25, -0.2) is 0 Å². The first-order valence-electron chi connectivity index (χ1n) is 3.97. The number of hydrogen-bond acceptors (Lipinski definition) is 4. The maximum atomic E-state index is 11.2. The molecule has 2 amide bonds. The highest BCUT2D eigenvalue weighted by Gasteiger charge is 2.50. The van der Waals surface area contributed by atoms with Crippen molar-refractivity contribution in [3.8, 4) is 0 Å². The van der Waals surface area contributed by atoms with Crippen LogP contribution in [-0.4, -0.2) is 16.8 Å². The molecule has 0 aromatic heterocycles. The van der Waals surface area contributed by atoms with Crippen molar-refractivity contribution in [2.45, 2.75) is 19.3 Å². The van der Waals surface area contributed by atoms with Gasteiger partial charge in [-0.15, -0.1) is 9.92 Å². The summed E-state index contributed by atoms with van der Waals surface area (Å²) in [5, 5.41) is 2.90. The third-order valence-electron chi connectivity index (χ3n) is 2.65. The van der Waals surface area contributed by atoms with Crippen molar-refractivity contribution in [2.24, 2.45) is 17.1 Å². The van der Waals surface area contributed by atoms with Crippen LogP contribution in [0.1, 0.15) is 19.3 Å². The molecule has 0 bridgehead atoms. The number of imide groups is 1. The van der Waals surface area contributed by atoms with E-state index in [1.54, 1.807) is 0 Å². The Balaban J connectivity index is 2.31. The van der Waals surface area contributed by atoms with Gasteiger partial charge in [-0.3, -0.25) is 9.59 Å². The molecule has 2 fully saturated rings. The fourth-order valence-electron chi connectivity index (χ4n) is 2.05. The van der Waals surface area contributed by atoms with E-state index in [1.165, 1.54) is 0 Å². The Morgan fingerprint density at radius 2 is 1.67 bits per heavy atom. The van der Waals surface area contributed by atoms with E-state index in [0.717, 1.165) is 19.3 Å². The molecule has 2 rings (SSSR count). The number of carbonyl (C=O) groups is 2. The zero-order valence-corrected chi connectivity index (χ0v) is 6.40. The van der Waals surface area contributed by atoms with Crippen LogP contribution in [-0.2, 0) is 9.59 Å². The predicted octanol–water partition coefficient (Wildman–Crippen LogP) is 0.453. The highest BCUT2D eigenvalue weighted by Crippen LogP contribution is 2.39. The lowest BCUT2D eigenvalue weighted by molar-refractivity contribution is -0.140. The van der Waals surface area contributed by atoms with E-state index in [1.807, 2.05) is 0 Å². The molecule has 2 unspecified atom stereocenters. The van der Waals surface area contributed by atoms with Gasteiger partial charge in [-0.1, -0.05) is 6.42 Å². The smallest absolute Gasteiger partial charge is 0.256 e. The van der Waals surface area contributed by atoms with Gasteiger partial charge in [0.25, 0.3) is 11.8 Å². The van der Waals surface area contributed by atoms with E-state index in [9.17, 15) is 14.5 Å². The summed E-state index contributed by atoms with van der Waals surface area (Å²) >= 11 is 0. The first-order chi connectivity index (χ1) is 5.75. The molecule has 1 aliphatic carbocycles. The van der Waals surface area contributed by atoms with Crippen molar-refractivity contribution in [3.63, 3.8) is 0 Å². The average molecular weight is 168 g/mol. The molecule has 12 heavy (non-hydrogen) atoms. The monoisotopic (exact) mass is 168 g/mol. The van der Waals surface area contributed by atoms with E-state index in [2.05, 4.69) is 5.29 Å². The summed E-state index contributed by atoms with van der Waals surface area (Å²) in [6.07, 6.45) is 2.35. The number of nitroso groups, excluding NO2 is 1. The van der Waals surface area contributed by atoms with E-state index in [-0.39, 0.29) is 11.8 Å². The van der Waals surface area contributed by atoms with Crippen molar-refractivity contribution >= 4 is 11.8 Å². The molecule has 1 heterocycles. The van der Waals surface area contributed by atoms with Crippen LogP contribution in [0.15, 0.2) is 5.29 Å². The van der Waals surface area contributed by atoms with E-state index in [0.29, 0.717) is 5.01 Å². The number of carbonyl (C=O) groups excluding carboxylic acids is 2. The van der Waals surface area contributed by atoms with Gasteiger partial charge in [-0.05, 0) is 12.8 Å². The summed E-state index contributed by atoms with van der Waals surface area (Å²) in [6.45, 7) is 0. The Hall–Kier alpha value is -1.26. The van der Waals surface area contributed by atoms with Gasteiger partial charge in [0, 0.05) is 0 Å². The molecular weight excluding hydrogens is 160 g/mol. The second-order valence-electron chi connectivity index (χ2n) is 3.21. The molecule has 1 saturated carbocycles. The Morgan fingerprint density at radius 1 is 1.17 bits per heavy atom. The number of amides is 2. The van der Waals surface area contributed by atoms with E-state index in [4.69, 9.17) is 0 Å². The van der Waals surface area contributed by atoms with Gasteiger partial charge in [0.15, 0.2) is 0 Å². The zero-order valence-electron chi connectivity index (χ0n) is 6.40. The van der Waals surface area contributed by atoms with Crippen molar-refractivity contribution in [2.75, 3.05) is 0 Å². The molecule has 0 spiro atoms. The van der Waals surface area contributed by atoms with Crippen LogP contribution < -0.4 is 0 Å². The Bertz CT molecular complexity index is 241. The van der Waals surface area contributed by atoms with Crippen molar-refractivity contribution in [1.82, 2.24) is 5.01 Å². The van der Waals surface area contributed by atoms with Gasteiger partial charge in [0.05, 0.1) is 17.1 Å². The molecule has 0 N–H and O–H groups in total. The van der Waals surface area contributed by atoms with Crippen LogP contribution in [0.3, 0.4) is 0 Å². The standard InChI is InChI=1S/C7H8N2O3/c10-6-4-2-1-3-5(4)7(11)9(6)8-12/h4-5H,1-3H2. The van der Waals surface area contributed by atoms with Crippen LogP contribution in [0.2, 0.25) is 0 Å². The Morgan fingerprint density at radius 3 is 2.08 bits per heavy atom.